The zero-order chi connectivity index (χ0) is 9.35. The highest BCUT2D eigenvalue weighted by Gasteiger charge is 2.61. The fraction of sp³-hybridized carbons (Fsp3) is 0.875. The van der Waals surface area contributed by atoms with E-state index in [9.17, 15) is 13.6 Å². The molecule has 0 aliphatic heterocycles. The molecule has 1 aliphatic carbocycles. The number of halogens is 2. The number of rotatable bonds is 3. The Morgan fingerprint density at radius 3 is 2.58 bits per heavy atom. The summed E-state index contributed by atoms with van der Waals surface area (Å²) in [5, 5.41) is 2.53. The predicted octanol–water partition coefficient (Wildman–Crippen LogP) is 1.56. The topological polar surface area (TPSA) is 29.1 Å². The number of carbonyl (C=O) groups is 1. The fourth-order valence-electron chi connectivity index (χ4n) is 0.943. The summed E-state index contributed by atoms with van der Waals surface area (Å²) in [5.74, 6) is -4.31. The van der Waals surface area contributed by atoms with Crippen LogP contribution in [-0.2, 0) is 4.79 Å². The molecule has 0 aromatic heterocycles. The van der Waals surface area contributed by atoms with Crippen molar-refractivity contribution in [1.82, 2.24) is 5.32 Å². The van der Waals surface area contributed by atoms with E-state index in [1.807, 2.05) is 6.92 Å². The molecule has 1 fully saturated rings. The molecule has 0 aromatic carbocycles. The van der Waals surface area contributed by atoms with Gasteiger partial charge in [-0.1, -0.05) is 6.92 Å². The van der Waals surface area contributed by atoms with E-state index in [1.54, 1.807) is 6.92 Å². The summed E-state index contributed by atoms with van der Waals surface area (Å²) >= 11 is 0. The lowest BCUT2D eigenvalue weighted by atomic mass is 10.2. The van der Waals surface area contributed by atoms with Crippen molar-refractivity contribution >= 4 is 5.91 Å². The second kappa shape index (κ2) is 2.99. The zero-order valence-electron chi connectivity index (χ0n) is 7.23. The monoisotopic (exact) mass is 177 g/mol. The van der Waals surface area contributed by atoms with Gasteiger partial charge in [0.1, 0.15) is 5.92 Å². The summed E-state index contributed by atoms with van der Waals surface area (Å²) in [6.07, 6.45) is 0.485. The summed E-state index contributed by atoms with van der Waals surface area (Å²) < 4.78 is 24.7. The van der Waals surface area contributed by atoms with Crippen molar-refractivity contribution in [2.24, 2.45) is 5.92 Å². The maximum Gasteiger partial charge on any atom is 0.260 e. The quantitative estimate of drug-likeness (QED) is 0.696. The Balaban J connectivity index is 2.32. The summed E-state index contributed by atoms with van der Waals surface area (Å²) in [7, 11) is 0. The highest BCUT2D eigenvalue weighted by molar-refractivity contribution is 5.82. The molecule has 0 heterocycles. The number of nitrogens with one attached hydrogen (secondary N) is 1. The van der Waals surface area contributed by atoms with Gasteiger partial charge in [-0.25, -0.2) is 8.78 Å². The first-order valence-electron chi connectivity index (χ1n) is 4.15. The van der Waals surface area contributed by atoms with Crippen LogP contribution in [0.2, 0.25) is 0 Å². The number of amides is 1. The van der Waals surface area contributed by atoms with E-state index in [1.165, 1.54) is 0 Å². The molecule has 1 amide bonds. The Bertz CT molecular complexity index is 193. The van der Waals surface area contributed by atoms with Gasteiger partial charge in [0.25, 0.3) is 5.92 Å². The van der Waals surface area contributed by atoms with Crippen molar-refractivity contribution in [1.29, 1.82) is 0 Å². The zero-order valence-corrected chi connectivity index (χ0v) is 7.23. The fourth-order valence-corrected chi connectivity index (χ4v) is 0.943. The summed E-state index contributed by atoms with van der Waals surface area (Å²) in [6.45, 7) is 3.70. The van der Waals surface area contributed by atoms with Gasteiger partial charge in [-0.15, -0.1) is 0 Å². The Hall–Kier alpha value is -0.670. The van der Waals surface area contributed by atoms with Crippen LogP contribution in [0.1, 0.15) is 26.7 Å². The first-order chi connectivity index (χ1) is 5.47. The van der Waals surface area contributed by atoms with Crippen LogP contribution in [0.4, 0.5) is 8.78 Å². The molecule has 70 valence electrons. The van der Waals surface area contributed by atoms with E-state index >= 15 is 0 Å². The molecule has 2 nitrogen and oxygen atoms in total. The molecule has 0 spiro atoms. The van der Waals surface area contributed by atoms with Crippen LogP contribution in [0.3, 0.4) is 0 Å². The molecule has 0 saturated heterocycles. The first-order valence-corrected chi connectivity index (χ1v) is 4.15. The van der Waals surface area contributed by atoms with Crippen LogP contribution in [0.15, 0.2) is 0 Å². The average molecular weight is 177 g/mol. The molecule has 1 aliphatic rings. The van der Waals surface area contributed by atoms with Gasteiger partial charge in [0.2, 0.25) is 5.91 Å². The van der Waals surface area contributed by atoms with Gasteiger partial charge in [-0.2, -0.15) is 0 Å². The number of alkyl halides is 2. The minimum absolute atomic E-state index is 0.00565. The normalized spacial score (nSPS) is 27.8. The first kappa shape index (κ1) is 9.42. The van der Waals surface area contributed by atoms with Crippen molar-refractivity contribution in [3.8, 4) is 0 Å². The third-order valence-electron chi connectivity index (χ3n) is 2.14. The van der Waals surface area contributed by atoms with Crippen molar-refractivity contribution in [3.05, 3.63) is 0 Å². The molecule has 1 N–H and O–H groups in total. The molecule has 2 atom stereocenters. The van der Waals surface area contributed by atoms with Crippen molar-refractivity contribution in [3.63, 3.8) is 0 Å². The van der Waals surface area contributed by atoms with E-state index in [4.69, 9.17) is 0 Å². The minimum atomic E-state index is -2.74. The van der Waals surface area contributed by atoms with Gasteiger partial charge in [-0.05, 0) is 13.3 Å². The van der Waals surface area contributed by atoms with E-state index < -0.39 is 17.7 Å². The maximum atomic E-state index is 12.3. The predicted molar refractivity (Wildman–Crippen MR) is 40.9 cm³/mol. The van der Waals surface area contributed by atoms with Crippen LogP contribution >= 0.6 is 0 Å². The molecule has 1 rings (SSSR count). The Morgan fingerprint density at radius 1 is 1.75 bits per heavy atom. The number of carbonyl (C=O) groups excluding carboxylic acids is 1. The van der Waals surface area contributed by atoms with E-state index in [0.717, 1.165) is 6.42 Å². The molecule has 0 unspecified atom stereocenters. The maximum absolute atomic E-state index is 12.3. The van der Waals surface area contributed by atoms with Crippen LogP contribution in [-0.4, -0.2) is 17.9 Å². The van der Waals surface area contributed by atoms with Crippen LogP contribution in [0.5, 0.6) is 0 Å². The highest BCUT2D eigenvalue weighted by Crippen LogP contribution is 2.48. The van der Waals surface area contributed by atoms with Gasteiger partial charge in [0, 0.05) is 12.5 Å². The van der Waals surface area contributed by atoms with E-state index in [-0.39, 0.29) is 12.5 Å². The van der Waals surface area contributed by atoms with Crippen LogP contribution in [0, 0.1) is 5.92 Å². The lowest BCUT2D eigenvalue weighted by molar-refractivity contribution is -0.125. The molecular weight excluding hydrogens is 164 g/mol. The standard InChI is InChI=1S/C8H13F2NO/c1-3-5(2)11-7(12)6-4-8(6,9)10/h5-6H,3-4H2,1-2H3,(H,11,12)/t5-,6+/m1/s1. The average Bonchev–Trinajstić information content (AvgIpc) is 2.59. The Kier molecular flexibility index (Phi) is 2.35. The smallest absolute Gasteiger partial charge is 0.260 e. The molecular formula is C8H13F2NO. The minimum Gasteiger partial charge on any atom is -0.353 e. The molecule has 1 saturated carbocycles. The van der Waals surface area contributed by atoms with Gasteiger partial charge in [-0.3, -0.25) is 4.79 Å². The second-order valence-electron chi connectivity index (χ2n) is 3.34. The second-order valence-corrected chi connectivity index (χ2v) is 3.34. The van der Waals surface area contributed by atoms with E-state index in [2.05, 4.69) is 5.32 Å². The Morgan fingerprint density at radius 2 is 2.25 bits per heavy atom. The molecule has 4 heteroatoms. The van der Waals surface area contributed by atoms with Crippen molar-refractivity contribution in [2.45, 2.75) is 38.7 Å². The number of hydrogen-bond donors (Lipinski definition) is 1. The summed E-state index contributed by atoms with van der Waals surface area (Å²) in [4.78, 5) is 11.0. The van der Waals surface area contributed by atoms with E-state index in [0.29, 0.717) is 0 Å². The molecule has 12 heavy (non-hydrogen) atoms. The van der Waals surface area contributed by atoms with Gasteiger partial charge < -0.3 is 5.32 Å². The summed E-state index contributed by atoms with van der Waals surface area (Å²) in [5.41, 5.74) is 0. The number of hydrogen-bond acceptors (Lipinski definition) is 1. The lowest BCUT2D eigenvalue weighted by Gasteiger charge is -2.10. The third kappa shape index (κ3) is 1.93. The molecule has 0 aromatic rings. The SMILES string of the molecule is CC[C@@H](C)NC(=O)[C@@H]1CC1(F)F. The van der Waals surface area contributed by atoms with Gasteiger partial charge in [0.05, 0.1) is 0 Å². The Labute approximate surface area is 70.3 Å². The van der Waals surface area contributed by atoms with Gasteiger partial charge >= 0.3 is 0 Å². The lowest BCUT2D eigenvalue weighted by Crippen LogP contribution is -2.34. The highest BCUT2D eigenvalue weighted by atomic mass is 19.3. The van der Waals surface area contributed by atoms with Crippen molar-refractivity contribution < 1.29 is 13.6 Å². The summed E-state index contributed by atoms with van der Waals surface area (Å²) in [6, 6.07) is -0.00565. The largest absolute Gasteiger partial charge is 0.353 e. The molecule has 0 bridgehead atoms. The van der Waals surface area contributed by atoms with Crippen LogP contribution in [0.25, 0.3) is 0 Å². The van der Waals surface area contributed by atoms with Crippen molar-refractivity contribution in [2.75, 3.05) is 0 Å². The third-order valence-corrected chi connectivity index (χ3v) is 2.14. The van der Waals surface area contributed by atoms with Crippen LogP contribution < -0.4 is 5.32 Å². The molecule has 0 radical (unpaired) electrons. The van der Waals surface area contributed by atoms with Gasteiger partial charge in [0.15, 0.2) is 0 Å².